The summed E-state index contributed by atoms with van der Waals surface area (Å²) in [5.41, 5.74) is -0.560. The molecule has 0 aliphatic rings. The highest BCUT2D eigenvalue weighted by Gasteiger charge is 2.26. The standard InChI is InChI=1S/C14H26O4/c1-6-7-10(2)8-11(13(16)17)9-12(15)18-14(3,4)5/h10-11H,6-9H2,1-5H3,(H,16,17). The molecule has 0 saturated carbocycles. The normalized spacial score (nSPS) is 14.9. The quantitative estimate of drug-likeness (QED) is 0.712. The third-order valence-corrected chi connectivity index (χ3v) is 2.65. The van der Waals surface area contributed by atoms with E-state index < -0.39 is 23.5 Å². The SMILES string of the molecule is CCCC(C)CC(CC(=O)OC(C)(C)C)C(=O)O. The largest absolute Gasteiger partial charge is 0.481 e. The Morgan fingerprint density at radius 3 is 2.22 bits per heavy atom. The Hall–Kier alpha value is -1.06. The van der Waals surface area contributed by atoms with Crippen LogP contribution in [-0.2, 0) is 14.3 Å². The molecule has 0 rings (SSSR count). The molecule has 0 bridgehead atoms. The second kappa shape index (κ2) is 7.39. The zero-order valence-electron chi connectivity index (χ0n) is 12.2. The van der Waals surface area contributed by atoms with Crippen molar-refractivity contribution in [1.29, 1.82) is 0 Å². The average molecular weight is 258 g/mol. The van der Waals surface area contributed by atoms with E-state index in [-0.39, 0.29) is 6.42 Å². The van der Waals surface area contributed by atoms with Gasteiger partial charge in [-0.3, -0.25) is 9.59 Å². The van der Waals surface area contributed by atoms with Gasteiger partial charge in [0.1, 0.15) is 5.60 Å². The molecule has 4 nitrogen and oxygen atoms in total. The Kier molecular flexibility index (Phi) is 6.96. The highest BCUT2D eigenvalue weighted by molar-refractivity contribution is 5.78. The van der Waals surface area contributed by atoms with Crippen molar-refractivity contribution >= 4 is 11.9 Å². The number of hydrogen-bond donors (Lipinski definition) is 1. The van der Waals surface area contributed by atoms with Gasteiger partial charge in [-0.15, -0.1) is 0 Å². The van der Waals surface area contributed by atoms with Crippen molar-refractivity contribution < 1.29 is 19.4 Å². The van der Waals surface area contributed by atoms with E-state index in [0.717, 1.165) is 12.8 Å². The van der Waals surface area contributed by atoms with Crippen LogP contribution in [0.1, 0.15) is 60.3 Å². The van der Waals surface area contributed by atoms with Crippen LogP contribution in [-0.4, -0.2) is 22.6 Å². The van der Waals surface area contributed by atoms with Crippen LogP contribution in [0.25, 0.3) is 0 Å². The lowest BCUT2D eigenvalue weighted by atomic mass is 9.90. The summed E-state index contributed by atoms with van der Waals surface area (Å²) in [4.78, 5) is 22.8. The lowest BCUT2D eigenvalue weighted by Crippen LogP contribution is -2.28. The van der Waals surface area contributed by atoms with Gasteiger partial charge in [0.2, 0.25) is 0 Å². The van der Waals surface area contributed by atoms with Crippen LogP contribution in [0, 0.1) is 11.8 Å². The summed E-state index contributed by atoms with van der Waals surface area (Å²) >= 11 is 0. The summed E-state index contributed by atoms with van der Waals surface area (Å²) in [6, 6.07) is 0. The van der Waals surface area contributed by atoms with Crippen LogP contribution in [0.15, 0.2) is 0 Å². The Labute approximate surface area is 110 Å². The van der Waals surface area contributed by atoms with Gasteiger partial charge in [-0.2, -0.15) is 0 Å². The van der Waals surface area contributed by atoms with Gasteiger partial charge in [0.05, 0.1) is 12.3 Å². The summed E-state index contributed by atoms with van der Waals surface area (Å²) in [6.07, 6.45) is 2.50. The lowest BCUT2D eigenvalue weighted by Gasteiger charge is -2.22. The van der Waals surface area contributed by atoms with E-state index in [1.807, 2.05) is 6.92 Å². The van der Waals surface area contributed by atoms with Crippen molar-refractivity contribution in [2.45, 2.75) is 65.9 Å². The molecule has 0 aromatic rings. The third kappa shape index (κ3) is 8.09. The molecule has 0 aromatic heterocycles. The summed E-state index contributed by atoms with van der Waals surface area (Å²) in [6.45, 7) is 9.43. The second-order valence-corrected chi connectivity index (χ2v) is 5.96. The minimum Gasteiger partial charge on any atom is -0.481 e. The molecule has 1 N–H and O–H groups in total. The zero-order valence-corrected chi connectivity index (χ0v) is 12.2. The first-order valence-electron chi connectivity index (χ1n) is 6.60. The van der Waals surface area contributed by atoms with E-state index in [2.05, 4.69) is 6.92 Å². The number of rotatable bonds is 7. The first-order valence-corrected chi connectivity index (χ1v) is 6.60. The van der Waals surface area contributed by atoms with Crippen LogP contribution >= 0.6 is 0 Å². The molecule has 0 aliphatic heterocycles. The van der Waals surface area contributed by atoms with E-state index in [4.69, 9.17) is 9.84 Å². The molecule has 0 aliphatic carbocycles. The predicted octanol–water partition coefficient (Wildman–Crippen LogP) is 3.25. The Bertz CT molecular complexity index is 278. The molecule has 106 valence electrons. The second-order valence-electron chi connectivity index (χ2n) is 5.96. The van der Waals surface area contributed by atoms with E-state index in [1.165, 1.54) is 0 Å². The number of carboxylic acid groups (broad SMARTS) is 1. The summed E-state index contributed by atoms with van der Waals surface area (Å²) in [7, 11) is 0. The number of carboxylic acids is 1. The van der Waals surface area contributed by atoms with Crippen molar-refractivity contribution in [1.82, 2.24) is 0 Å². The van der Waals surface area contributed by atoms with E-state index in [9.17, 15) is 9.59 Å². The minimum absolute atomic E-state index is 0.0410. The van der Waals surface area contributed by atoms with Crippen LogP contribution in [0.2, 0.25) is 0 Å². The molecular weight excluding hydrogens is 232 g/mol. The number of esters is 1. The average Bonchev–Trinajstić information content (AvgIpc) is 2.13. The van der Waals surface area contributed by atoms with Crippen LogP contribution < -0.4 is 0 Å². The lowest BCUT2D eigenvalue weighted by molar-refractivity contribution is -0.160. The number of carbonyl (C=O) groups is 2. The van der Waals surface area contributed by atoms with Crippen LogP contribution in [0.3, 0.4) is 0 Å². The number of aliphatic carboxylic acids is 1. The van der Waals surface area contributed by atoms with Crippen molar-refractivity contribution in [3.8, 4) is 0 Å². The van der Waals surface area contributed by atoms with Gasteiger partial charge in [0.15, 0.2) is 0 Å². The molecule has 2 unspecified atom stereocenters. The Morgan fingerprint density at radius 2 is 1.83 bits per heavy atom. The fourth-order valence-corrected chi connectivity index (χ4v) is 1.95. The van der Waals surface area contributed by atoms with Gasteiger partial charge in [-0.25, -0.2) is 0 Å². The van der Waals surface area contributed by atoms with E-state index >= 15 is 0 Å². The maximum atomic E-state index is 11.6. The highest BCUT2D eigenvalue weighted by atomic mass is 16.6. The first-order chi connectivity index (χ1) is 8.15. The monoisotopic (exact) mass is 258 g/mol. The van der Waals surface area contributed by atoms with Crippen molar-refractivity contribution in [2.75, 3.05) is 0 Å². The van der Waals surface area contributed by atoms with Gasteiger partial charge < -0.3 is 9.84 Å². The van der Waals surface area contributed by atoms with Gasteiger partial charge >= 0.3 is 11.9 Å². The van der Waals surface area contributed by atoms with E-state index in [1.54, 1.807) is 20.8 Å². The predicted molar refractivity (Wildman–Crippen MR) is 70.3 cm³/mol. The molecule has 0 aromatic carbocycles. The topological polar surface area (TPSA) is 63.6 Å². The maximum absolute atomic E-state index is 11.6. The van der Waals surface area contributed by atoms with Gasteiger partial charge in [-0.1, -0.05) is 26.7 Å². The molecule has 0 saturated heterocycles. The van der Waals surface area contributed by atoms with Crippen LogP contribution in [0.4, 0.5) is 0 Å². The number of hydrogen-bond acceptors (Lipinski definition) is 3. The first kappa shape index (κ1) is 16.9. The molecule has 0 amide bonds. The minimum atomic E-state index is -0.913. The smallest absolute Gasteiger partial charge is 0.307 e. The molecule has 4 heteroatoms. The summed E-state index contributed by atoms with van der Waals surface area (Å²) in [5.74, 6) is -1.66. The Balaban J connectivity index is 4.36. The van der Waals surface area contributed by atoms with Crippen LogP contribution in [0.5, 0.6) is 0 Å². The Morgan fingerprint density at radius 1 is 1.28 bits per heavy atom. The fraction of sp³-hybridized carbons (Fsp3) is 0.857. The molecule has 0 radical (unpaired) electrons. The van der Waals surface area contributed by atoms with Gasteiger partial charge in [0.25, 0.3) is 0 Å². The maximum Gasteiger partial charge on any atom is 0.307 e. The molecular formula is C14H26O4. The molecule has 0 heterocycles. The van der Waals surface area contributed by atoms with Gasteiger partial charge in [-0.05, 0) is 33.1 Å². The number of ether oxygens (including phenoxy) is 1. The summed E-state index contributed by atoms with van der Waals surface area (Å²) < 4.78 is 5.16. The third-order valence-electron chi connectivity index (χ3n) is 2.65. The molecule has 0 spiro atoms. The van der Waals surface area contributed by atoms with Gasteiger partial charge in [0, 0.05) is 0 Å². The molecule has 0 fully saturated rings. The summed E-state index contributed by atoms with van der Waals surface area (Å²) in [5, 5.41) is 9.13. The molecule has 18 heavy (non-hydrogen) atoms. The fourth-order valence-electron chi connectivity index (χ4n) is 1.95. The van der Waals surface area contributed by atoms with Crippen molar-refractivity contribution in [2.24, 2.45) is 11.8 Å². The van der Waals surface area contributed by atoms with E-state index in [0.29, 0.717) is 12.3 Å². The van der Waals surface area contributed by atoms with Crippen molar-refractivity contribution in [3.05, 3.63) is 0 Å². The zero-order chi connectivity index (χ0) is 14.3. The number of carbonyl (C=O) groups excluding carboxylic acids is 1. The highest BCUT2D eigenvalue weighted by Crippen LogP contribution is 2.21. The van der Waals surface area contributed by atoms with Crippen molar-refractivity contribution in [3.63, 3.8) is 0 Å². The molecule has 2 atom stereocenters.